The molecule has 2 fully saturated rings. The van der Waals surface area contributed by atoms with E-state index in [1.165, 1.54) is 6.26 Å². The molecule has 4 rings (SSSR count). The molecule has 2 amide bonds. The molecule has 0 aromatic carbocycles. The van der Waals surface area contributed by atoms with Crippen LogP contribution in [0.4, 0.5) is 18.9 Å². The Morgan fingerprint density at radius 1 is 1.31 bits per heavy atom. The molecule has 2 atom stereocenters. The van der Waals surface area contributed by atoms with Crippen molar-refractivity contribution in [3.63, 3.8) is 0 Å². The maximum absolute atomic E-state index is 13.2. The third kappa shape index (κ3) is 4.32. The molecule has 11 heteroatoms. The van der Waals surface area contributed by atoms with Crippen LogP contribution in [-0.2, 0) is 9.59 Å². The van der Waals surface area contributed by atoms with Crippen LogP contribution in [0.5, 0.6) is 0 Å². The Morgan fingerprint density at radius 3 is 2.53 bits per heavy atom. The molecular weight excluding hydrogens is 431 g/mol. The number of amides is 2. The maximum Gasteiger partial charge on any atom is 0.490 e. The van der Waals surface area contributed by atoms with Crippen molar-refractivity contribution in [1.82, 2.24) is 9.88 Å². The molecule has 2 aliphatic rings. The van der Waals surface area contributed by atoms with Gasteiger partial charge in [-0.3, -0.25) is 14.6 Å². The summed E-state index contributed by atoms with van der Waals surface area (Å²) in [4.78, 5) is 42.5. The number of hydrogen-bond donors (Lipinski definition) is 1. The molecule has 0 bridgehead atoms. The average molecular weight is 453 g/mol. The number of likely N-dealkylation sites (tertiary alicyclic amines) is 1. The van der Waals surface area contributed by atoms with Gasteiger partial charge in [0.1, 0.15) is 0 Å². The van der Waals surface area contributed by atoms with Crippen molar-refractivity contribution in [3.05, 3.63) is 48.2 Å². The van der Waals surface area contributed by atoms with E-state index in [0.717, 1.165) is 17.7 Å². The summed E-state index contributed by atoms with van der Waals surface area (Å²) in [6.45, 7) is 5.61. The molecule has 0 unspecified atom stereocenters. The summed E-state index contributed by atoms with van der Waals surface area (Å²) in [7, 11) is 0. The van der Waals surface area contributed by atoms with Gasteiger partial charge in [0.25, 0.3) is 5.91 Å². The highest BCUT2D eigenvalue weighted by Gasteiger charge is 2.56. The normalized spacial score (nSPS) is 22.8. The molecule has 172 valence electrons. The number of halogens is 3. The lowest BCUT2D eigenvalue weighted by molar-refractivity contribution is -0.192. The summed E-state index contributed by atoms with van der Waals surface area (Å²) in [5, 5.41) is 7.12. The van der Waals surface area contributed by atoms with Crippen LogP contribution in [0.15, 0.2) is 41.3 Å². The minimum Gasteiger partial charge on any atom is -0.475 e. The number of furan rings is 1. The van der Waals surface area contributed by atoms with Crippen molar-refractivity contribution in [3.8, 4) is 0 Å². The molecule has 8 nitrogen and oxygen atoms in total. The summed E-state index contributed by atoms with van der Waals surface area (Å²) in [6, 6.07) is 5.52. The second kappa shape index (κ2) is 8.64. The number of aromatic nitrogens is 1. The topological polar surface area (TPSA) is 104 Å². The largest absolute Gasteiger partial charge is 0.490 e. The quantitative estimate of drug-likeness (QED) is 0.749. The molecule has 2 aromatic rings. The Bertz CT molecular complexity index is 1010. The number of aliphatic carboxylic acids is 1. The van der Waals surface area contributed by atoms with Crippen LogP contribution in [0, 0.1) is 18.3 Å². The number of carbonyl (C=O) groups excluding carboxylic acids is 2. The van der Waals surface area contributed by atoms with Gasteiger partial charge in [0.05, 0.1) is 23.6 Å². The summed E-state index contributed by atoms with van der Waals surface area (Å²) >= 11 is 0. The standard InChI is InChI=1S/C19H21N3O3.C2HF3O2/c1-13-5-9-25-16(13)17(23)21-11-14(2)19(12-21)6-8-22(18(19)24)15-4-3-7-20-10-15;3-2(4,5)1(6)7/h3-5,7,9-10,14H,6,8,11-12H2,1-2H3;(H,6,7)/t14-,19-;/m1./s1. The fourth-order valence-electron chi connectivity index (χ4n) is 4.11. The third-order valence-corrected chi connectivity index (χ3v) is 5.91. The Kier molecular flexibility index (Phi) is 6.29. The van der Waals surface area contributed by atoms with Crippen LogP contribution < -0.4 is 4.90 Å². The number of alkyl halides is 3. The highest BCUT2D eigenvalue weighted by atomic mass is 19.4. The van der Waals surface area contributed by atoms with Crippen molar-refractivity contribution in [2.75, 3.05) is 24.5 Å². The molecular formula is C21H22F3N3O5. The first-order valence-corrected chi connectivity index (χ1v) is 9.83. The number of nitrogens with zero attached hydrogens (tertiary/aromatic N) is 3. The number of carboxylic acids is 1. The van der Waals surface area contributed by atoms with E-state index in [4.69, 9.17) is 14.3 Å². The zero-order valence-corrected chi connectivity index (χ0v) is 17.4. The minimum absolute atomic E-state index is 0.0967. The molecule has 4 heterocycles. The van der Waals surface area contributed by atoms with E-state index in [1.807, 2.05) is 19.1 Å². The predicted molar refractivity (Wildman–Crippen MR) is 106 cm³/mol. The molecule has 0 radical (unpaired) electrons. The van der Waals surface area contributed by atoms with Gasteiger partial charge in [-0.2, -0.15) is 13.2 Å². The van der Waals surface area contributed by atoms with Crippen LogP contribution in [0.2, 0.25) is 0 Å². The van der Waals surface area contributed by atoms with E-state index < -0.39 is 17.6 Å². The van der Waals surface area contributed by atoms with E-state index in [9.17, 15) is 22.8 Å². The molecule has 32 heavy (non-hydrogen) atoms. The van der Waals surface area contributed by atoms with Gasteiger partial charge in [-0.1, -0.05) is 6.92 Å². The van der Waals surface area contributed by atoms with Gasteiger partial charge in [0.2, 0.25) is 5.91 Å². The Hall–Kier alpha value is -3.37. The SMILES string of the molecule is Cc1ccoc1C(=O)N1C[C@@H](C)[C@@]2(CCN(c3cccnc3)C2=O)C1.O=C(O)C(F)(F)F. The Morgan fingerprint density at radius 2 is 2.00 bits per heavy atom. The second-order valence-corrected chi connectivity index (χ2v) is 7.90. The van der Waals surface area contributed by atoms with Crippen LogP contribution in [0.3, 0.4) is 0 Å². The molecule has 2 aromatic heterocycles. The highest BCUT2D eigenvalue weighted by Crippen LogP contribution is 2.46. The fourth-order valence-corrected chi connectivity index (χ4v) is 4.11. The first-order chi connectivity index (χ1) is 15.0. The highest BCUT2D eigenvalue weighted by molar-refractivity contribution is 6.01. The van der Waals surface area contributed by atoms with Crippen LogP contribution in [0.1, 0.15) is 29.5 Å². The van der Waals surface area contributed by atoms with Crippen molar-refractivity contribution >= 4 is 23.5 Å². The lowest BCUT2D eigenvalue weighted by Gasteiger charge is -2.26. The van der Waals surface area contributed by atoms with Crippen molar-refractivity contribution in [2.24, 2.45) is 11.3 Å². The molecule has 0 aliphatic carbocycles. The Balaban J connectivity index is 0.000000360. The number of rotatable bonds is 2. The monoisotopic (exact) mass is 453 g/mol. The van der Waals surface area contributed by atoms with Crippen molar-refractivity contribution < 1.29 is 37.1 Å². The number of carbonyl (C=O) groups is 3. The maximum atomic E-state index is 13.2. The van der Waals surface area contributed by atoms with Crippen LogP contribution >= 0.6 is 0 Å². The predicted octanol–water partition coefficient (Wildman–Crippen LogP) is 3.13. The average Bonchev–Trinajstić information content (AvgIpc) is 3.41. The lowest BCUT2D eigenvalue weighted by Crippen LogP contribution is -2.40. The molecule has 1 N–H and O–H groups in total. The fraction of sp³-hybridized carbons (Fsp3) is 0.429. The van der Waals surface area contributed by atoms with Gasteiger partial charge in [0, 0.05) is 31.4 Å². The summed E-state index contributed by atoms with van der Waals surface area (Å²) in [6.07, 6.45) is 0.612. The molecule has 1 spiro atoms. The van der Waals surface area contributed by atoms with E-state index in [0.29, 0.717) is 25.4 Å². The number of pyridine rings is 1. The van der Waals surface area contributed by atoms with E-state index in [-0.39, 0.29) is 17.7 Å². The van der Waals surface area contributed by atoms with E-state index in [2.05, 4.69) is 11.9 Å². The Labute approximate surface area is 181 Å². The third-order valence-electron chi connectivity index (χ3n) is 5.91. The number of aryl methyl sites for hydroxylation is 1. The van der Waals surface area contributed by atoms with Gasteiger partial charge in [-0.15, -0.1) is 0 Å². The van der Waals surface area contributed by atoms with Gasteiger partial charge < -0.3 is 19.3 Å². The van der Waals surface area contributed by atoms with Gasteiger partial charge >= 0.3 is 12.1 Å². The van der Waals surface area contributed by atoms with Crippen LogP contribution in [0.25, 0.3) is 0 Å². The van der Waals surface area contributed by atoms with Crippen LogP contribution in [-0.4, -0.2) is 58.6 Å². The number of carboxylic acid groups (broad SMARTS) is 1. The second-order valence-electron chi connectivity index (χ2n) is 7.90. The molecule has 0 saturated carbocycles. The van der Waals surface area contributed by atoms with Gasteiger partial charge in [-0.05, 0) is 37.5 Å². The van der Waals surface area contributed by atoms with E-state index in [1.54, 1.807) is 28.3 Å². The zero-order valence-electron chi connectivity index (χ0n) is 17.4. The van der Waals surface area contributed by atoms with Crippen molar-refractivity contribution in [2.45, 2.75) is 26.4 Å². The smallest absolute Gasteiger partial charge is 0.475 e. The van der Waals surface area contributed by atoms with Crippen molar-refractivity contribution in [1.29, 1.82) is 0 Å². The molecule has 2 aliphatic heterocycles. The van der Waals surface area contributed by atoms with E-state index >= 15 is 0 Å². The summed E-state index contributed by atoms with van der Waals surface area (Å²) < 4.78 is 37.1. The first-order valence-electron chi connectivity index (χ1n) is 9.83. The number of anilines is 1. The number of hydrogen-bond acceptors (Lipinski definition) is 5. The zero-order chi connectivity index (χ0) is 23.7. The molecule has 2 saturated heterocycles. The van der Waals surface area contributed by atoms with Gasteiger partial charge in [-0.25, -0.2) is 4.79 Å². The lowest BCUT2D eigenvalue weighted by atomic mass is 9.78. The first kappa shape index (κ1) is 23.3. The summed E-state index contributed by atoms with van der Waals surface area (Å²) in [5.74, 6) is -2.30. The summed E-state index contributed by atoms with van der Waals surface area (Å²) in [5.41, 5.74) is 1.14. The minimum atomic E-state index is -5.08. The van der Waals surface area contributed by atoms with Gasteiger partial charge in [0.15, 0.2) is 5.76 Å².